The van der Waals surface area contributed by atoms with E-state index in [-0.39, 0.29) is 12.6 Å². The Morgan fingerprint density at radius 2 is 1.96 bits per heavy atom. The van der Waals surface area contributed by atoms with Gasteiger partial charge in [-0.1, -0.05) is 40.6 Å². The number of aromatic nitrogens is 3. The number of aryl methyl sites for hydroxylation is 1. The van der Waals surface area contributed by atoms with Gasteiger partial charge in [0.1, 0.15) is 5.76 Å². The summed E-state index contributed by atoms with van der Waals surface area (Å²) in [6, 6.07) is 11.4. The molecule has 1 aromatic carbocycles. The maximum absolute atomic E-state index is 11.7. The van der Waals surface area contributed by atoms with Crippen molar-refractivity contribution in [2.45, 2.75) is 19.9 Å². The van der Waals surface area contributed by atoms with Gasteiger partial charge in [-0.3, -0.25) is 0 Å². The van der Waals surface area contributed by atoms with Gasteiger partial charge in [0.05, 0.1) is 6.54 Å². The van der Waals surface area contributed by atoms with Gasteiger partial charge in [0.25, 0.3) is 0 Å². The van der Waals surface area contributed by atoms with Gasteiger partial charge in [0.2, 0.25) is 11.7 Å². The first kappa shape index (κ1) is 15.7. The van der Waals surface area contributed by atoms with Gasteiger partial charge in [-0.05, 0) is 18.9 Å². The summed E-state index contributed by atoms with van der Waals surface area (Å²) in [7, 11) is 0. The average molecular weight is 327 g/mol. The van der Waals surface area contributed by atoms with E-state index in [0.717, 1.165) is 6.42 Å². The Bertz CT molecular complexity index is 797. The quantitative estimate of drug-likeness (QED) is 0.718. The molecule has 0 fully saturated rings. The van der Waals surface area contributed by atoms with E-state index >= 15 is 0 Å². The van der Waals surface area contributed by atoms with Crippen molar-refractivity contribution < 1.29 is 13.8 Å². The molecule has 2 N–H and O–H groups in total. The summed E-state index contributed by atoms with van der Waals surface area (Å²) in [5.74, 6) is 1.28. The molecule has 0 spiro atoms. The zero-order chi connectivity index (χ0) is 16.8. The lowest BCUT2D eigenvalue weighted by atomic mass is 10.1. The molecular weight excluding hydrogens is 310 g/mol. The smallest absolute Gasteiger partial charge is 0.315 e. The normalized spacial score (nSPS) is 10.5. The first-order chi connectivity index (χ1) is 11.7. The second kappa shape index (κ2) is 7.40. The molecule has 0 saturated heterocycles. The number of rotatable bonds is 6. The summed E-state index contributed by atoms with van der Waals surface area (Å²) in [6.45, 7) is 2.46. The summed E-state index contributed by atoms with van der Waals surface area (Å²) in [5, 5.41) is 13.0. The molecule has 0 aliphatic rings. The van der Waals surface area contributed by atoms with Crippen LogP contribution in [0.3, 0.4) is 0 Å². The Morgan fingerprint density at radius 1 is 1.12 bits per heavy atom. The van der Waals surface area contributed by atoms with Crippen molar-refractivity contribution in [1.82, 2.24) is 25.9 Å². The largest absolute Gasteiger partial charge is 0.361 e. The fourth-order valence-corrected chi connectivity index (χ4v) is 2.09. The van der Waals surface area contributed by atoms with Gasteiger partial charge in [0.15, 0.2) is 5.69 Å². The highest BCUT2D eigenvalue weighted by Crippen LogP contribution is 2.14. The fourth-order valence-electron chi connectivity index (χ4n) is 2.09. The highest BCUT2D eigenvalue weighted by atomic mass is 16.5. The standard InChI is InChI=1S/C16H17N5O3/c1-11-9-13(20-23-11)15-19-14(24-21-15)10-18-16(22)17-8-7-12-5-3-2-4-6-12/h2-6,9H,7-8,10H2,1H3,(H2,17,18,22). The molecular formula is C16H17N5O3. The molecule has 0 aliphatic carbocycles. The topological polar surface area (TPSA) is 106 Å². The number of carbonyl (C=O) groups is 1. The minimum absolute atomic E-state index is 0.140. The zero-order valence-corrected chi connectivity index (χ0v) is 13.2. The van der Waals surface area contributed by atoms with Gasteiger partial charge in [-0.2, -0.15) is 4.98 Å². The molecule has 0 atom stereocenters. The van der Waals surface area contributed by atoms with Crippen LogP contribution >= 0.6 is 0 Å². The van der Waals surface area contributed by atoms with Crippen LogP contribution in [0.15, 0.2) is 45.4 Å². The Kier molecular flexibility index (Phi) is 4.85. The van der Waals surface area contributed by atoms with Crippen molar-refractivity contribution >= 4 is 6.03 Å². The van der Waals surface area contributed by atoms with Crippen LogP contribution in [-0.2, 0) is 13.0 Å². The molecule has 24 heavy (non-hydrogen) atoms. The third-order valence-corrected chi connectivity index (χ3v) is 3.27. The summed E-state index contributed by atoms with van der Waals surface area (Å²) < 4.78 is 10.0. The number of nitrogens with one attached hydrogen (secondary N) is 2. The van der Waals surface area contributed by atoms with Crippen molar-refractivity contribution in [2.75, 3.05) is 6.54 Å². The fraction of sp³-hybridized carbons (Fsp3) is 0.250. The molecule has 0 aliphatic heterocycles. The first-order valence-corrected chi connectivity index (χ1v) is 7.52. The van der Waals surface area contributed by atoms with Crippen molar-refractivity contribution in [2.24, 2.45) is 0 Å². The summed E-state index contributed by atoms with van der Waals surface area (Å²) >= 11 is 0. The molecule has 124 valence electrons. The zero-order valence-electron chi connectivity index (χ0n) is 13.2. The third kappa shape index (κ3) is 4.19. The highest BCUT2D eigenvalue weighted by Gasteiger charge is 2.12. The highest BCUT2D eigenvalue weighted by molar-refractivity contribution is 5.73. The minimum atomic E-state index is -0.289. The van der Waals surface area contributed by atoms with E-state index in [2.05, 4.69) is 25.9 Å². The molecule has 8 heteroatoms. The molecule has 0 bridgehead atoms. The molecule has 0 saturated carbocycles. The van der Waals surface area contributed by atoms with E-state index in [4.69, 9.17) is 9.05 Å². The average Bonchev–Trinajstić information content (AvgIpc) is 3.23. The van der Waals surface area contributed by atoms with Crippen LogP contribution in [0.1, 0.15) is 17.2 Å². The van der Waals surface area contributed by atoms with Crippen LogP contribution in [-0.4, -0.2) is 27.9 Å². The molecule has 0 unspecified atom stereocenters. The van der Waals surface area contributed by atoms with Gasteiger partial charge < -0.3 is 19.7 Å². The lowest BCUT2D eigenvalue weighted by Gasteiger charge is -2.05. The summed E-state index contributed by atoms with van der Waals surface area (Å²) in [5.41, 5.74) is 1.66. The maximum Gasteiger partial charge on any atom is 0.315 e. The molecule has 0 radical (unpaired) electrons. The van der Waals surface area contributed by atoms with Gasteiger partial charge in [-0.25, -0.2) is 4.79 Å². The second-order valence-corrected chi connectivity index (χ2v) is 5.18. The lowest BCUT2D eigenvalue weighted by molar-refractivity contribution is 0.238. The van der Waals surface area contributed by atoms with Crippen molar-refractivity contribution in [3.63, 3.8) is 0 Å². The molecule has 3 aromatic rings. The van der Waals surface area contributed by atoms with Crippen LogP contribution in [0.25, 0.3) is 11.5 Å². The van der Waals surface area contributed by atoms with Crippen LogP contribution in [0, 0.1) is 6.92 Å². The number of benzene rings is 1. The van der Waals surface area contributed by atoms with E-state index in [1.165, 1.54) is 5.56 Å². The molecule has 2 aromatic heterocycles. The van der Waals surface area contributed by atoms with Gasteiger partial charge >= 0.3 is 6.03 Å². The number of nitrogens with zero attached hydrogens (tertiary/aromatic N) is 3. The van der Waals surface area contributed by atoms with E-state index in [1.54, 1.807) is 13.0 Å². The molecule has 3 rings (SSSR count). The van der Waals surface area contributed by atoms with Crippen molar-refractivity contribution in [1.29, 1.82) is 0 Å². The van der Waals surface area contributed by atoms with Crippen molar-refractivity contribution in [3.05, 3.63) is 53.6 Å². The number of amides is 2. The maximum atomic E-state index is 11.7. The predicted molar refractivity (Wildman–Crippen MR) is 84.9 cm³/mol. The number of urea groups is 1. The summed E-state index contributed by atoms with van der Waals surface area (Å²) in [4.78, 5) is 15.9. The monoisotopic (exact) mass is 327 g/mol. The van der Waals surface area contributed by atoms with E-state index in [1.807, 2.05) is 30.3 Å². The lowest BCUT2D eigenvalue weighted by Crippen LogP contribution is -2.36. The van der Waals surface area contributed by atoms with E-state index in [9.17, 15) is 4.79 Å². The van der Waals surface area contributed by atoms with Crippen LogP contribution in [0.5, 0.6) is 0 Å². The SMILES string of the molecule is Cc1cc(-c2noc(CNC(=O)NCCc3ccccc3)n2)no1. The molecule has 8 nitrogen and oxygen atoms in total. The third-order valence-electron chi connectivity index (χ3n) is 3.27. The Hall–Kier alpha value is -3.16. The van der Waals surface area contributed by atoms with E-state index in [0.29, 0.717) is 29.7 Å². The Labute approximate surface area is 138 Å². The van der Waals surface area contributed by atoms with Crippen LogP contribution in [0.2, 0.25) is 0 Å². The Balaban J connectivity index is 1.42. The predicted octanol–water partition coefficient (Wildman–Crippen LogP) is 2.07. The van der Waals surface area contributed by atoms with Crippen molar-refractivity contribution in [3.8, 4) is 11.5 Å². The minimum Gasteiger partial charge on any atom is -0.361 e. The van der Waals surface area contributed by atoms with Gasteiger partial charge in [-0.15, -0.1) is 0 Å². The number of carbonyl (C=O) groups excluding carboxylic acids is 1. The molecule has 2 heterocycles. The van der Waals surface area contributed by atoms with E-state index < -0.39 is 0 Å². The molecule has 2 amide bonds. The van der Waals surface area contributed by atoms with Crippen LogP contribution in [0.4, 0.5) is 4.79 Å². The first-order valence-electron chi connectivity index (χ1n) is 7.52. The second-order valence-electron chi connectivity index (χ2n) is 5.18. The summed E-state index contributed by atoms with van der Waals surface area (Å²) in [6.07, 6.45) is 0.768. The van der Waals surface area contributed by atoms with Crippen LogP contribution < -0.4 is 10.6 Å². The number of hydrogen-bond acceptors (Lipinski definition) is 6. The Morgan fingerprint density at radius 3 is 2.71 bits per heavy atom. The number of hydrogen-bond donors (Lipinski definition) is 2. The van der Waals surface area contributed by atoms with Gasteiger partial charge in [0, 0.05) is 12.6 Å².